The normalized spacial score (nSPS) is 25.7. The summed E-state index contributed by atoms with van der Waals surface area (Å²) >= 11 is 2.62. The molecule has 0 unspecified atom stereocenters. The van der Waals surface area contributed by atoms with Gasteiger partial charge < -0.3 is 19.8 Å². The molecule has 2 aliphatic carbocycles. The smallest absolute Gasteiger partial charge is 0.416 e. The second-order valence-corrected chi connectivity index (χ2v) is 16.0. The summed E-state index contributed by atoms with van der Waals surface area (Å²) < 4.78 is 52.4. The van der Waals surface area contributed by atoms with Crippen molar-refractivity contribution >= 4 is 63.0 Å². The Kier molecular flexibility index (Phi) is 7.96. The molecule has 9 rings (SSSR count). The van der Waals surface area contributed by atoms with Gasteiger partial charge in [0.1, 0.15) is 0 Å². The van der Waals surface area contributed by atoms with Crippen LogP contribution < -0.4 is 24.6 Å². The standard InChI is InChI=1S/C39H30F3N3O6S2/c1-50-27-14-20(10-12-26(27)51-17-28(46)43-22-11-9-18-5-2-3-6-19(18)13-22)29-30-24-16-25(33(30)52-35-34(29)53-38(49)44-35)32-31(24)36(47)45(37(32)48)23-8-4-7-21(15-23)39(40,41)42/h2-15,24-25,29-33H,16-17H2,1H3,(H,43,46)(H,44,49)/t24-,25-,29+,30-,31+,32+,33-/m1/s1. The van der Waals surface area contributed by atoms with Crippen LogP contribution in [0.4, 0.5) is 24.5 Å². The molecule has 2 bridgehead atoms. The lowest BCUT2D eigenvalue weighted by Gasteiger charge is -2.43. The number of amides is 3. The molecule has 53 heavy (non-hydrogen) atoms. The molecular weight excluding hydrogens is 728 g/mol. The number of aromatic nitrogens is 1. The number of carbonyl (C=O) groups excluding carboxylic acids is 3. The number of nitrogens with zero attached hydrogens (tertiary/aromatic N) is 1. The van der Waals surface area contributed by atoms with E-state index >= 15 is 0 Å². The summed E-state index contributed by atoms with van der Waals surface area (Å²) in [7, 11) is 1.49. The van der Waals surface area contributed by atoms with Gasteiger partial charge in [-0.1, -0.05) is 53.8 Å². The molecule has 3 amide bonds. The lowest BCUT2D eigenvalue weighted by molar-refractivity contribution is -0.137. The minimum Gasteiger partial charge on any atom is -0.493 e. The van der Waals surface area contributed by atoms with E-state index in [9.17, 15) is 32.3 Å². The Bertz CT molecular complexity index is 2390. The van der Waals surface area contributed by atoms with E-state index in [1.54, 1.807) is 6.07 Å². The lowest BCUT2D eigenvalue weighted by Crippen LogP contribution is -2.42. The molecule has 1 saturated heterocycles. The van der Waals surface area contributed by atoms with Gasteiger partial charge in [0, 0.05) is 21.7 Å². The van der Waals surface area contributed by atoms with Crippen molar-refractivity contribution in [2.24, 2.45) is 29.6 Å². The van der Waals surface area contributed by atoms with E-state index in [4.69, 9.17) is 9.47 Å². The highest BCUT2D eigenvalue weighted by Crippen LogP contribution is 2.69. The Hall–Kier alpha value is -5.08. The highest BCUT2D eigenvalue weighted by molar-refractivity contribution is 8.00. The largest absolute Gasteiger partial charge is 0.493 e. The molecule has 2 saturated carbocycles. The molecule has 270 valence electrons. The lowest BCUT2D eigenvalue weighted by atomic mass is 9.68. The van der Waals surface area contributed by atoms with E-state index in [-0.39, 0.29) is 52.0 Å². The molecule has 5 aromatic rings. The number of hydrogen-bond donors (Lipinski definition) is 2. The number of benzene rings is 4. The maximum atomic E-state index is 14.1. The van der Waals surface area contributed by atoms with Gasteiger partial charge in [-0.15, -0.1) is 11.8 Å². The second kappa shape index (κ2) is 12.5. The van der Waals surface area contributed by atoms with E-state index in [0.29, 0.717) is 28.6 Å². The van der Waals surface area contributed by atoms with E-state index in [0.717, 1.165) is 49.6 Å². The zero-order chi connectivity index (χ0) is 36.8. The van der Waals surface area contributed by atoms with Gasteiger partial charge in [-0.3, -0.25) is 24.1 Å². The van der Waals surface area contributed by atoms with Gasteiger partial charge in [-0.25, -0.2) is 0 Å². The third kappa shape index (κ3) is 5.52. The minimum atomic E-state index is -4.63. The molecule has 4 aliphatic rings. The maximum absolute atomic E-state index is 14.1. The number of rotatable bonds is 7. The van der Waals surface area contributed by atoms with Crippen LogP contribution in [0, 0.1) is 29.6 Å². The number of H-pyrrole nitrogens is 1. The molecule has 9 nitrogen and oxygen atoms in total. The molecule has 1 aromatic heterocycles. The molecule has 7 atom stereocenters. The van der Waals surface area contributed by atoms with Crippen molar-refractivity contribution in [3.8, 4) is 11.5 Å². The number of hydrogen-bond acceptors (Lipinski definition) is 8. The zero-order valence-electron chi connectivity index (χ0n) is 27.9. The van der Waals surface area contributed by atoms with Crippen LogP contribution in [-0.4, -0.2) is 41.7 Å². The second-order valence-electron chi connectivity index (χ2n) is 13.8. The zero-order valence-corrected chi connectivity index (χ0v) is 29.5. The molecule has 3 fully saturated rings. The van der Waals surface area contributed by atoms with Crippen molar-refractivity contribution in [3.05, 3.63) is 111 Å². The first-order chi connectivity index (χ1) is 25.5. The molecule has 14 heteroatoms. The number of ether oxygens (including phenoxy) is 2. The average molecular weight is 758 g/mol. The number of alkyl halides is 3. The van der Waals surface area contributed by atoms with Crippen molar-refractivity contribution in [2.75, 3.05) is 23.9 Å². The van der Waals surface area contributed by atoms with Gasteiger partial charge >= 0.3 is 11.0 Å². The number of aromatic amines is 1. The Labute approximate surface area is 308 Å². The third-order valence-electron chi connectivity index (χ3n) is 11.1. The van der Waals surface area contributed by atoms with Gasteiger partial charge in [0.15, 0.2) is 18.1 Å². The van der Waals surface area contributed by atoms with Crippen molar-refractivity contribution < 1.29 is 37.0 Å². The van der Waals surface area contributed by atoms with E-state index < -0.39 is 35.4 Å². The predicted molar refractivity (Wildman–Crippen MR) is 193 cm³/mol. The van der Waals surface area contributed by atoms with Crippen LogP contribution in [0.15, 0.2) is 94.7 Å². The number of imide groups is 1. The summed E-state index contributed by atoms with van der Waals surface area (Å²) in [5.41, 5.74) is 0.446. The predicted octanol–water partition coefficient (Wildman–Crippen LogP) is 7.31. The van der Waals surface area contributed by atoms with Crippen molar-refractivity contribution in [1.29, 1.82) is 0 Å². The first kappa shape index (κ1) is 33.7. The number of fused-ring (bicyclic) bond motifs is 10. The van der Waals surface area contributed by atoms with Crippen LogP contribution in [-0.2, 0) is 20.6 Å². The molecule has 3 heterocycles. The number of carbonyl (C=O) groups is 3. The molecule has 0 radical (unpaired) electrons. The van der Waals surface area contributed by atoms with E-state index in [1.165, 1.54) is 31.0 Å². The molecule has 2 aliphatic heterocycles. The first-order valence-corrected chi connectivity index (χ1v) is 18.7. The van der Waals surface area contributed by atoms with Crippen LogP contribution in [0.25, 0.3) is 10.8 Å². The highest BCUT2D eigenvalue weighted by atomic mass is 32.2. The SMILES string of the molecule is COc1cc([C@@H]2c3sc(=O)[nH]c3S[C@@H]3[C@@H]4C[C@@H]([C@@H]5C(=O)N(c6cccc(C(F)(F)F)c6)C(=O)[C@@H]45)[C@H]23)ccc1OCC(=O)Nc1ccc2ccccc2c1. The summed E-state index contributed by atoms with van der Waals surface area (Å²) in [6.07, 6.45) is -4.01. The van der Waals surface area contributed by atoms with Crippen LogP contribution in [0.3, 0.4) is 0 Å². The number of thiazole rings is 1. The average Bonchev–Trinajstić information content (AvgIpc) is 3.89. The Morgan fingerprint density at radius 1 is 0.906 bits per heavy atom. The van der Waals surface area contributed by atoms with Crippen LogP contribution >= 0.6 is 23.1 Å². The molecule has 0 spiro atoms. The van der Waals surface area contributed by atoms with E-state index in [1.807, 2.05) is 54.6 Å². The number of nitrogens with one attached hydrogen (secondary N) is 2. The fraction of sp³-hybridized carbons (Fsp3) is 0.282. The van der Waals surface area contributed by atoms with Crippen LogP contribution in [0.2, 0.25) is 0 Å². The fourth-order valence-electron chi connectivity index (χ4n) is 9.07. The summed E-state index contributed by atoms with van der Waals surface area (Å²) in [5, 5.41) is 5.50. The summed E-state index contributed by atoms with van der Waals surface area (Å²) in [4.78, 5) is 58.1. The minimum absolute atomic E-state index is 0.0782. The number of methoxy groups -OCH3 is 1. The monoisotopic (exact) mass is 757 g/mol. The number of halogens is 3. The van der Waals surface area contributed by atoms with Crippen LogP contribution in [0.1, 0.15) is 28.3 Å². The van der Waals surface area contributed by atoms with Gasteiger partial charge in [0.25, 0.3) is 5.91 Å². The topological polar surface area (TPSA) is 118 Å². The summed E-state index contributed by atoms with van der Waals surface area (Å²) in [6.45, 7) is -0.276. The summed E-state index contributed by atoms with van der Waals surface area (Å²) in [6, 6.07) is 23.2. The maximum Gasteiger partial charge on any atom is 0.416 e. The number of anilines is 2. The van der Waals surface area contributed by atoms with Crippen molar-refractivity contribution in [3.63, 3.8) is 0 Å². The van der Waals surface area contributed by atoms with E-state index in [2.05, 4.69) is 10.3 Å². The van der Waals surface area contributed by atoms with Crippen LogP contribution in [0.5, 0.6) is 11.5 Å². The third-order valence-corrected chi connectivity index (χ3v) is 13.7. The summed E-state index contributed by atoms with van der Waals surface area (Å²) in [5.74, 6) is -2.86. The fourth-order valence-corrected chi connectivity index (χ4v) is 12.0. The quantitative estimate of drug-likeness (QED) is 0.167. The molecular formula is C39H30F3N3O6S2. The molecule has 2 N–H and O–H groups in total. The number of thioether (sulfide) groups is 1. The van der Waals surface area contributed by atoms with Gasteiger partial charge in [0.2, 0.25) is 11.8 Å². The molecule has 4 aromatic carbocycles. The first-order valence-electron chi connectivity index (χ1n) is 17.0. The Morgan fingerprint density at radius 3 is 2.45 bits per heavy atom. The van der Waals surface area contributed by atoms with Gasteiger partial charge in [0.05, 0.1) is 35.2 Å². The van der Waals surface area contributed by atoms with Gasteiger partial charge in [-0.05, 0) is 83.0 Å². The van der Waals surface area contributed by atoms with Crippen molar-refractivity contribution in [2.45, 2.75) is 28.8 Å². The Balaban J connectivity index is 0.990. The highest BCUT2D eigenvalue weighted by Gasteiger charge is 2.69. The Morgan fingerprint density at radius 2 is 1.68 bits per heavy atom. The van der Waals surface area contributed by atoms with Gasteiger partial charge in [-0.2, -0.15) is 13.2 Å². The van der Waals surface area contributed by atoms with Crippen molar-refractivity contribution in [1.82, 2.24) is 4.98 Å².